The van der Waals surface area contributed by atoms with E-state index in [1.54, 1.807) is 5.57 Å². The maximum Gasteiger partial charge on any atom is 0.257 e. The largest absolute Gasteiger partial charge is 0.334 e. The van der Waals surface area contributed by atoms with Crippen molar-refractivity contribution in [2.45, 2.75) is 45.1 Å². The van der Waals surface area contributed by atoms with Crippen LogP contribution in [0.1, 0.15) is 43.5 Å². The molecule has 0 bridgehead atoms. The van der Waals surface area contributed by atoms with E-state index in [-0.39, 0.29) is 0 Å². The standard InChI is InChI=1S/C19H23N3O/c1-14-20-19(23-21-14)17-7-5-15(6-8-17)13-16-9-11-22(12-10-16)18-3-2-4-18/h5-8,13,18H,2-4,9-12H2,1H3. The Bertz CT molecular complexity index is 688. The van der Waals surface area contributed by atoms with Gasteiger partial charge in [0.1, 0.15) is 0 Å². The molecule has 1 saturated carbocycles. The van der Waals surface area contributed by atoms with Crippen LogP contribution in [0.4, 0.5) is 0 Å². The predicted octanol–water partition coefficient (Wildman–Crippen LogP) is 4.08. The fourth-order valence-electron chi connectivity index (χ4n) is 3.44. The van der Waals surface area contributed by atoms with E-state index >= 15 is 0 Å². The van der Waals surface area contributed by atoms with Crippen molar-refractivity contribution < 1.29 is 4.52 Å². The topological polar surface area (TPSA) is 42.2 Å². The van der Waals surface area contributed by atoms with E-state index in [9.17, 15) is 0 Å². The van der Waals surface area contributed by atoms with Gasteiger partial charge in [0, 0.05) is 24.7 Å². The lowest BCUT2D eigenvalue weighted by molar-refractivity contribution is 0.118. The van der Waals surface area contributed by atoms with Crippen molar-refractivity contribution in [2.24, 2.45) is 0 Å². The van der Waals surface area contributed by atoms with Crippen LogP contribution in [0, 0.1) is 6.92 Å². The molecule has 0 N–H and O–H groups in total. The highest BCUT2D eigenvalue weighted by Crippen LogP contribution is 2.29. The molecule has 0 spiro atoms. The van der Waals surface area contributed by atoms with E-state index < -0.39 is 0 Å². The lowest BCUT2D eigenvalue weighted by Gasteiger charge is -2.40. The smallest absolute Gasteiger partial charge is 0.257 e. The molecule has 2 heterocycles. The van der Waals surface area contributed by atoms with Gasteiger partial charge in [-0.15, -0.1) is 0 Å². The van der Waals surface area contributed by atoms with Crippen molar-refractivity contribution in [1.82, 2.24) is 15.0 Å². The van der Waals surface area contributed by atoms with Crippen LogP contribution in [0.15, 0.2) is 34.4 Å². The lowest BCUT2D eigenvalue weighted by atomic mass is 9.89. The molecule has 0 unspecified atom stereocenters. The molecule has 1 saturated heterocycles. The van der Waals surface area contributed by atoms with E-state index in [0.29, 0.717) is 11.7 Å². The predicted molar refractivity (Wildman–Crippen MR) is 90.9 cm³/mol. The molecular formula is C19H23N3O. The Kier molecular flexibility index (Phi) is 4.00. The summed E-state index contributed by atoms with van der Waals surface area (Å²) in [5.74, 6) is 1.26. The number of rotatable bonds is 3. The Morgan fingerprint density at radius 3 is 2.43 bits per heavy atom. The molecule has 1 aromatic carbocycles. The van der Waals surface area contributed by atoms with Gasteiger partial charge in [0.05, 0.1) is 0 Å². The molecule has 2 aliphatic rings. The molecule has 0 radical (unpaired) electrons. The van der Waals surface area contributed by atoms with Crippen molar-refractivity contribution in [3.05, 3.63) is 41.2 Å². The Morgan fingerprint density at radius 1 is 1.13 bits per heavy atom. The van der Waals surface area contributed by atoms with Gasteiger partial charge in [-0.25, -0.2) is 0 Å². The molecule has 4 nitrogen and oxygen atoms in total. The molecule has 0 atom stereocenters. The summed E-state index contributed by atoms with van der Waals surface area (Å²) in [6, 6.07) is 9.28. The van der Waals surface area contributed by atoms with Crippen LogP contribution in [-0.2, 0) is 0 Å². The number of nitrogens with zero attached hydrogens (tertiary/aromatic N) is 3. The van der Waals surface area contributed by atoms with Crippen LogP contribution < -0.4 is 0 Å². The number of hydrogen-bond acceptors (Lipinski definition) is 4. The van der Waals surface area contributed by atoms with Crippen LogP contribution in [0.25, 0.3) is 17.5 Å². The maximum atomic E-state index is 5.21. The minimum atomic E-state index is 0.593. The van der Waals surface area contributed by atoms with Crippen molar-refractivity contribution >= 4 is 6.08 Å². The minimum absolute atomic E-state index is 0.593. The molecule has 4 rings (SSSR count). The first-order valence-corrected chi connectivity index (χ1v) is 8.62. The van der Waals surface area contributed by atoms with E-state index in [1.165, 1.54) is 50.8 Å². The first-order chi connectivity index (χ1) is 11.3. The first-order valence-electron chi connectivity index (χ1n) is 8.62. The normalized spacial score (nSPS) is 19.6. The highest BCUT2D eigenvalue weighted by molar-refractivity contribution is 5.60. The average molecular weight is 309 g/mol. The number of hydrogen-bond donors (Lipinski definition) is 0. The fraction of sp³-hybridized carbons (Fsp3) is 0.474. The van der Waals surface area contributed by atoms with Crippen molar-refractivity contribution in [3.8, 4) is 11.5 Å². The van der Waals surface area contributed by atoms with E-state index in [0.717, 1.165) is 11.6 Å². The van der Waals surface area contributed by atoms with Gasteiger partial charge in [-0.3, -0.25) is 4.90 Å². The highest BCUT2D eigenvalue weighted by Gasteiger charge is 2.26. The number of aromatic nitrogens is 2. The molecule has 4 heteroatoms. The summed E-state index contributed by atoms with van der Waals surface area (Å²) in [5, 5.41) is 3.84. The molecule has 2 aromatic rings. The van der Waals surface area contributed by atoms with Gasteiger partial charge in [-0.2, -0.15) is 4.98 Å². The molecule has 23 heavy (non-hydrogen) atoms. The van der Waals surface area contributed by atoms with Gasteiger partial charge in [0.2, 0.25) is 0 Å². The first kappa shape index (κ1) is 14.6. The number of piperidine rings is 1. The van der Waals surface area contributed by atoms with Gasteiger partial charge < -0.3 is 4.52 Å². The summed E-state index contributed by atoms with van der Waals surface area (Å²) in [5.41, 5.74) is 3.81. The third-order valence-corrected chi connectivity index (χ3v) is 5.09. The molecule has 0 amide bonds. The zero-order valence-corrected chi connectivity index (χ0v) is 13.7. The number of benzene rings is 1. The zero-order valence-electron chi connectivity index (χ0n) is 13.7. The molecule has 1 aliphatic heterocycles. The zero-order chi connectivity index (χ0) is 15.6. The quantitative estimate of drug-likeness (QED) is 0.857. The van der Waals surface area contributed by atoms with Gasteiger partial charge in [0.15, 0.2) is 5.82 Å². The third-order valence-electron chi connectivity index (χ3n) is 5.09. The van der Waals surface area contributed by atoms with E-state index in [1.807, 2.05) is 6.92 Å². The van der Waals surface area contributed by atoms with Crippen LogP contribution in [0.3, 0.4) is 0 Å². The van der Waals surface area contributed by atoms with Gasteiger partial charge >= 0.3 is 0 Å². The van der Waals surface area contributed by atoms with Crippen LogP contribution in [0.5, 0.6) is 0 Å². The summed E-state index contributed by atoms with van der Waals surface area (Å²) >= 11 is 0. The Hall–Kier alpha value is -1.94. The van der Waals surface area contributed by atoms with E-state index in [2.05, 4.69) is 45.4 Å². The number of aryl methyl sites for hydroxylation is 1. The summed E-state index contributed by atoms with van der Waals surface area (Å²) in [7, 11) is 0. The second kappa shape index (κ2) is 6.28. The maximum absolute atomic E-state index is 5.21. The fourth-order valence-corrected chi connectivity index (χ4v) is 3.44. The Balaban J connectivity index is 1.40. The summed E-state index contributed by atoms with van der Waals surface area (Å²) in [6.07, 6.45) is 9.02. The third kappa shape index (κ3) is 3.22. The second-order valence-electron chi connectivity index (χ2n) is 6.69. The van der Waals surface area contributed by atoms with Crippen LogP contribution in [0.2, 0.25) is 0 Å². The molecule has 1 aliphatic carbocycles. The average Bonchev–Trinajstić information content (AvgIpc) is 2.95. The molecule has 120 valence electrons. The summed E-state index contributed by atoms with van der Waals surface area (Å²) in [4.78, 5) is 6.95. The lowest BCUT2D eigenvalue weighted by Crippen LogP contribution is -2.43. The van der Waals surface area contributed by atoms with Gasteiger partial charge in [-0.1, -0.05) is 35.4 Å². The molecule has 1 aromatic heterocycles. The SMILES string of the molecule is Cc1noc(-c2ccc(C=C3CCN(C4CCC4)CC3)cc2)n1. The summed E-state index contributed by atoms with van der Waals surface area (Å²) < 4.78 is 5.21. The van der Waals surface area contributed by atoms with Crippen molar-refractivity contribution in [3.63, 3.8) is 0 Å². The minimum Gasteiger partial charge on any atom is -0.334 e. The number of likely N-dealkylation sites (tertiary alicyclic amines) is 1. The monoisotopic (exact) mass is 309 g/mol. The second-order valence-corrected chi connectivity index (χ2v) is 6.69. The molecular weight excluding hydrogens is 286 g/mol. The van der Waals surface area contributed by atoms with Gasteiger partial charge in [0.25, 0.3) is 5.89 Å². The van der Waals surface area contributed by atoms with Crippen LogP contribution in [-0.4, -0.2) is 34.2 Å². The van der Waals surface area contributed by atoms with Crippen molar-refractivity contribution in [2.75, 3.05) is 13.1 Å². The Morgan fingerprint density at radius 2 is 1.87 bits per heavy atom. The summed E-state index contributed by atoms with van der Waals surface area (Å²) in [6.45, 7) is 4.30. The Labute approximate surface area is 137 Å². The molecule has 2 fully saturated rings. The van der Waals surface area contributed by atoms with Gasteiger partial charge in [-0.05, 0) is 50.3 Å². The van der Waals surface area contributed by atoms with Crippen LogP contribution >= 0.6 is 0 Å². The van der Waals surface area contributed by atoms with Crippen molar-refractivity contribution in [1.29, 1.82) is 0 Å². The van der Waals surface area contributed by atoms with E-state index in [4.69, 9.17) is 4.52 Å². The highest BCUT2D eigenvalue weighted by atomic mass is 16.5.